The van der Waals surface area contributed by atoms with Crippen LogP contribution in [0, 0.1) is 6.92 Å². The third-order valence-corrected chi connectivity index (χ3v) is 3.85. The molecule has 3 heteroatoms. The van der Waals surface area contributed by atoms with E-state index in [1.807, 2.05) is 4.57 Å². The second kappa shape index (κ2) is 6.39. The van der Waals surface area contributed by atoms with Gasteiger partial charge in [-0.2, -0.15) is 0 Å². The van der Waals surface area contributed by atoms with Crippen LogP contribution >= 0.6 is 0 Å². The molecule has 0 aliphatic heterocycles. The largest absolute Gasteiger partial charge is 0.330 e. The molecular weight excluding hydrogens is 272 g/mol. The Labute approximate surface area is 130 Å². The van der Waals surface area contributed by atoms with Crippen LogP contribution < -0.4 is 0 Å². The Kier molecular flexibility index (Phi) is 4.15. The molecule has 0 aliphatic rings. The first-order valence-electron chi connectivity index (χ1n) is 7.35. The van der Waals surface area contributed by atoms with Crippen LogP contribution in [0.15, 0.2) is 61.1 Å². The summed E-state index contributed by atoms with van der Waals surface area (Å²) in [6.45, 7) is 2.86. The van der Waals surface area contributed by atoms with Crippen LogP contribution in [0.3, 0.4) is 0 Å². The van der Waals surface area contributed by atoms with Crippen molar-refractivity contribution in [1.29, 1.82) is 0 Å². The monoisotopic (exact) mass is 290 g/mol. The van der Waals surface area contributed by atoms with Crippen LogP contribution in [-0.2, 0) is 17.8 Å². The van der Waals surface area contributed by atoms with Gasteiger partial charge in [-0.15, -0.1) is 0 Å². The van der Waals surface area contributed by atoms with E-state index in [0.717, 1.165) is 18.5 Å². The molecule has 0 radical (unpaired) electrons. The third-order valence-electron chi connectivity index (χ3n) is 3.85. The Morgan fingerprint density at radius 3 is 2.59 bits per heavy atom. The number of carbonyl (C=O) groups is 1. The van der Waals surface area contributed by atoms with E-state index in [4.69, 9.17) is 0 Å². The standard InChI is InChI=1S/C19H18N2O/c1-15-4-2-3-5-19(15)17-8-6-16(7-9-17)13-21-14-20-12-18(21)10-11-22/h2-9,11-12,14H,10,13H2,1H3. The fourth-order valence-corrected chi connectivity index (χ4v) is 2.63. The molecule has 0 saturated carbocycles. The molecule has 3 aromatic rings. The lowest BCUT2D eigenvalue weighted by molar-refractivity contribution is -0.107. The van der Waals surface area contributed by atoms with E-state index in [-0.39, 0.29) is 0 Å². The molecular formula is C19H18N2O. The van der Waals surface area contributed by atoms with Crippen molar-refractivity contribution < 1.29 is 4.79 Å². The average Bonchev–Trinajstić information content (AvgIpc) is 2.96. The molecule has 1 heterocycles. The zero-order chi connectivity index (χ0) is 15.4. The van der Waals surface area contributed by atoms with Gasteiger partial charge in [-0.1, -0.05) is 48.5 Å². The molecule has 0 saturated heterocycles. The summed E-state index contributed by atoms with van der Waals surface area (Å²) in [5.74, 6) is 0. The number of imidazole rings is 1. The van der Waals surface area contributed by atoms with Crippen molar-refractivity contribution in [2.45, 2.75) is 19.9 Å². The number of nitrogens with zero attached hydrogens (tertiary/aromatic N) is 2. The van der Waals surface area contributed by atoms with Gasteiger partial charge >= 0.3 is 0 Å². The number of aldehydes is 1. The van der Waals surface area contributed by atoms with E-state index < -0.39 is 0 Å². The van der Waals surface area contributed by atoms with Gasteiger partial charge in [0.1, 0.15) is 6.29 Å². The molecule has 0 N–H and O–H groups in total. The van der Waals surface area contributed by atoms with Gasteiger partial charge in [0.25, 0.3) is 0 Å². The third kappa shape index (κ3) is 2.98. The predicted molar refractivity (Wildman–Crippen MR) is 87.7 cm³/mol. The molecule has 22 heavy (non-hydrogen) atoms. The van der Waals surface area contributed by atoms with E-state index in [9.17, 15) is 4.79 Å². The summed E-state index contributed by atoms with van der Waals surface area (Å²) in [6, 6.07) is 16.9. The predicted octanol–water partition coefficient (Wildman–Crippen LogP) is 3.65. The van der Waals surface area contributed by atoms with Crippen LogP contribution in [-0.4, -0.2) is 15.8 Å². The number of carbonyl (C=O) groups excluding carboxylic acids is 1. The highest BCUT2D eigenvalue weighted by atomic mass is 16.1. The summed E-state index contributed by atoms with van der Waals surface area (Å²) in [5, 5.41) is 0. The molecule has 0 aliphatic carbocycles. The fraction of sp³-hybridized carbons (Fsp3) is 0.158. The summed E-state index contributed by atoms with van der Waals surface area (Å²) in [5.41, 5.74) is 5.90. The molecule has 0 fully saturated rings. The first-order chi connectivity index (χ1) is 10.8. The van der Waals surface area contributed by atoms with Crippen LogP contribution in [0.25, 0.3) is 11.1 Å². The van der Waals surface area contributed by atoms with Gasteiger partial charge in [0, 0.05) is 24.9 Å². The zero-order valence-electron chi connectivity index (χ0n) is 12.6. The van der Waals surface area contributed by atoms with Crippen LogP contribution in [0.2, 0.25) is 0 Å². The minimum Gasteiger partial charge on any atom is -0.330 e. The second-order valence-electron chi connectivity index (χ2n) is 5.40. The molecule has 0 unspecified atom stereocenters. The molecule has 3 rings (SSSR count). The maximum atomic E-state index is 10.7. The Balaban J connectivity index is 1.81. The minimum atomic E-state index is 0.404. The molecule has 0 atom stereocenters. The fourth-order valence-electron chi connectivity index (χ4n) is 2.63. The topological polar surface area (TPSA) is 34.9 Å². The smallest absolute Gasteiger partial charge is 0.125 e. The van der Waals surface area contributed by atoms with E-state index in [1.54, 1.807) is 12.5 Å². The van der Waals surface area contributed by atoms with E-state index >= 15 is 0 Å². The number of aromatic nitrogens is 2. The lowest BCUT2D eigenvalue weighted by Crippen LogP contribution is -2.03. The molecule has 1 aromatic heterocycles. The molecule has 2 aromatic carbocycles. The lowest BCUT2D eigenvalue weighted by atomic mass is 9.99. The first-order valence-corrected chi connectivity index (χ1v) is 7.35. The molecule has 0 spiro atoms. The summed E-state index contributed by atoms with van der Waals surface area (Å²) in [4.78, 5) is 14.8. The van der Waals surface area contributed by atoms with Crippen LogP contribution in [0.5, 0.6) is 0 Å². The van der Waals surface area contributed by atoms with Crippen molar-refractivity contribution in [3.8, 4) is 11.1 Å². The van der Waals surface area contributed by atoms with E-state index in [1.165, 1.54) is 22.3 Å². The highest BCUT2D eigenvalue weighted by molar-refractivity contribution is 5.67. The number of aryl methyl sites for hydroxylation is 1. The molecule has 3 nitrogen and oxygen atoms in total. The SMILES string of the molecule is Cc1ccccc1-c1ccc(Cn2cncc2CC=O)cc1. The minimum absolute atomic E-state index is 0.404. The van der Waals surface area contributed by atoms with E-state index in [2.05, 4.69) is 60.4 Å². The lowest BCUT2D eigenvalue weighted by Gasteiger charge is -2.09. The summed E-state index contributed by atoms with van der Waals surface area (Å²) in [7, 11) is 0. The molecule has 0 bridgehead atoms. The molecule has 110 valence electrons. The number of hydrogen-bond acceptors (Lipinski definition) is 2. The normalized spacial score (nSPS) is 10.6. The average molecular weight is 290 g/mol. The highest BCUT2D eigenvalue weighted by Gasteiger charge is 2.04. The van der Waals surface area contributed by atoms with E-state index in [0.29, 0.717) is 6.42 Å². The van der Waals surface area contributed by atoms with Gasteiger partial charge < -0.3 is 9.36 Å². The molecule has 0 amide bonds. The summed E-state index contributed by atoms with van der Waals surface area (Å²) >= 11 is 0. The summed E-state index contributed by atoms with van der Waals surface area (Å²) < 4.78 is 2.01. The Bertz CT molecular complexity index is 772. The van der Waals surface area contributed by atoms with Crippen molar-refractivity contribution in [2.75, 3.05) is 0 Å². The Hall–Kier alpha value is -2.68. The second-order valence-corrected chi connectivity index (χ2v) is 5.40. The van der Waals surface area contributed by atoms with Gasteiger partial charge in [0.15, 0.2) is 0 Å². The van der Waals surface area contributed by atoms with Crippen LogP contribution in [0.1, 0.15) is 16.8 Å². The quantitative estimate of drug-likeness (QED) is 0.672. The van der Waals surface area contributed by atoms with Crippen molar-refractivity contribution in [3.63, 3.8) is 0 Å². The van der Waals surface area contributed by atoms with Gasteiger partial charge in [-0.05, 0) is 29.2 Å². The van der Waals surface area contributed by atoms with Gasteiger partial charge in [0.05, 0.1) is 6.33 Å². The van der Waals surface area contributed by atoms with Crippen molar-refractivity contribution in [1.82, 2.24) is 9.55 Å². The Morgan fingerprint density at radius 1 is 1.09 bits per heavy atom. The first kappa shape index (κ1) is 14.3. The Morgan fingerprint density at radius 2 is 1.86 bits per heavy atom. The zero-order valence-corrected chi connectivity index (χ0v) is 12.6. The number of benzene rings is 2. The van der Waals surface area contributed by atoms with Gasteiger partial charge in [0.2, 0.25) is 0 Å². The number of rotatable bonds is 5. The number of hydrogen-bond donors (Lipinski definition) is 0. The maximum Gasteiger partial charge on any atom is 0.125 e. The van der Waals surface area contributed by atoms with Gasteiger partial charge in [-0.25, -0.2) is 4.98 Å². The van der Waals surface area contributed by atoms with Crippen molar-refractivity contribution in [2.24, 2.45) is 0 Å². The summed E-state index contributed by atoms with van der Waals surface area (Å²) in [6.07, 6.45) is 4.83. The highest BCUT2D eigenvalue weighted by Crippen LogP contribution is 2.23. The van der Waals surface area contributed by atoms with Gasteiger partial charge in [-0.3, -0.25) is 0 Å². The van der Waals surface area contributed by atoms with Crippen LogP contribution in [0.4, 0.5) is 0 Å². The van der Waals surface area contributed by atoms with Crippen molar-refractivity contribution in [3.05, 3.63) is 77.9 Å². The van der Waals surface area contributed by atoms with Crippen molar-refractivity contribution >= 4 is 6.29 Å². The maximum absolute atomic E-state index is 10.7.